The maximum absolute atomic E-state index is 2.12. The summed E-state index contributed by atoms with van der Waals surface area (Å²) in [5.74, 6) is 0. The van der Waals surface area contributed by atoms with Crippen LogP contribution in [-0.4, -0.2) is 0 Å². The Kier molecular flexibility index (Phi) is 9.03. The van der Waals surface area contributed by atoms with Gasteiger partial charge in [0.15, 0.2) is 0 Å². The third-order valence-corrected chi connectivity index (χ3v) is 1.58. The van der Waals surface area contributed by atoms with Crippen LogP contribution in [0.3, 0.4) is 0 Å². The predicted octanol–water partition coefficient (Wildman–Crippen LogP) is 4.34. The highest BCUT2D eigenvalue weighted by Gasteiger charge is 1.75. The summed E-state index contributed by atoms with van der Waals surface area (Å²) < 4.78 is 0. The van der Waals surface area contributed by atoms with Crippen molar-refractivity contribution in [2.45, 2.75) is 48.5 Å². The Morgan fingerprint density at radius 3 is 0.909 bits per heavy atom. The molecule has 66 valence electrons. The average molecular weight is 154 g/mol. The summed E-state index contributed by atoms with van der Waals surface area (Å²) in [4.78, 5) is 0. The molecule has 0 fully saturated rings. The van der Waals surface area contributed by atoms with Crippen LogP contribution in [0, 0.1) is 0 Å². The summed E-state index contributed by atoms with van der Waals surface area (Å²) in [6.45, 7) is 14.7. The molecule has 0 aromatic heterocycles. The molecule has 0 spiro atoms. The first-order valence-electron chi connectivity index (χ1n) is 4.12. The first-order valence-corrected chi connectivity index (χ1v) is 4.12. The lowest BCUT2D eigenvalue weighted by atomic mass is 10.2. The zero-order valence-electron chi connectivity index (χ0n) is 9.08. The van der Waals surface area contributed by atoms with Gasteiger partial charge in [0.1, 0.15) is 0 Å². The molecule has 0 aromatic rings. The molecule has 11 heavy (non-hydrogen) atoms. The number of hydrogen-bond donors (Lipinski definition) is 0. The third-order valence-electron chi connectivity index (χ3n) is 1.58. The smallest absolute Gasteiger partial charge is 0.0440 e. The second-order valence-electron chi connectivity index (χ2n) is 3.37. The third kappa shape index (κ3) is 17.7. The van der Waals surface area contributed by atoms with E-state index >= 15 is 0 Å². The van der Waals surface area contributed by atoms with Gasteiger partial charge >= 0.3 is 0 Å². The summed E-state index contributed by atoms with van der Waals surface area (Å²) >= 11 is 0. The lowest BCUT2D eigenvalue weighted by molar-refractivity contribution is 1.23. The van der Waals surface area contributed by atoms with Crippen LogP contribution in [0.1, 0.15) is 48.5 Å². The largest absolute Gasteiger partial charge is 0.0890 e. The molecule has 0 bridgehead atoms. The molecule has 0 heterocycles. The zero-order chi connectivity index (χ0) is 9.44. The molecular weight excluding hydrogens is 132 g/mol. The molecule has 0 nitrogen and oxygen atoms in total. The molecular formula is C11H22. The van der Waals surface area contributed by atoms with Gasteiger partial charge in [0.2, 0.25) is 0 Å². The van der Waals surface area contributed by atoms with E-state index in [2.05, 4.69) is 47.6 Å². The molecule has 0 aromatic carbocycles. The van der Waals surface area contributed by atoms with Crippen molar-refractivity contribution in [3.05, 3.63) is 22.8 Å². The van der Waals surface area contributed by atoms with Crippen molar-refractivity contribution < 1.29 is 0 Å². The van der Waals surface area contributed by atoms with Gasteiger partial charge in [0.25, 0.3) is 0 Å². The first-order chi connectivity index (χ1) is 4.91. The van der Waals surface area contributed by atoms with E-state index in [1.165, 1.54) is 16.7 Å². The van der Waals surface area contributed by atoms with E-state index < -0.39 is 0 Å². The topological polar surface area (TPSA) is 0 Å². The van der Waals surface area contributed by atoms with E-state index in [9.17, 15) is 0 Å². The Balaban J connectivity index is 0. The van der Waals surface area contributed by atoms with Crippen LogP contribution in [0.2, 0.25) is 0 Å². The van der Waals surface area contributed by atoms with Crippen LogP contribution in [-0.2, 0) is 0 Å². The summed E-state index contributed by atoms with van der Waals surface area (Å²) in [6.07, 6.45) is 2.08. The van der Waals surface area contributed by atoms with Crippen LogP contribution in [0.15, 0.2) is 22.8 Å². The fraction of sp³-hybridized carbons (Fsp3) is 0.636. The predicted molar refractivity (Wildman–Crippen MR) is 54.8 cm³/mol. The molecule has 0 aliphatic heterocycles. The highest BCUT2D eigenvalue weighted by atomic mass is 13.8. The summed E-state index contributed by atoms with van der Waals surface area (Å²) in [5, 5.41) is 0. The maximum Gasteiger partial charge on any atom is -0.0440 e. The Labute approximate surface area is 72.0 Å². The number of hydrogen-bond acceptors (Lipinski definition) is 0. The van der Waals surface area contributed by atoms with Crippen LogP contribution < -0.4 is 0 Å². The Bertz CT molecular complexity index is 125. The minimum atomic E-state index is 1.38. The van der Waals surface area contributed by atoms with E-state index in [4.69, 9.17) is 0 Å². The molecule has 0 N–H and O–H groups in total. The lowest BCUT2D eigenvalue weighted by Gasteiger charge is -1.88. The van der Waals surface area contributed by atoms with Crippen molar-refractivity contribution in [3.8, 4) is 0 Å². The van der Waals surface area contributed by atoms with Gasteiger partial charge in [-0.2, -0.15) is 0 Å². The summed E-state index contributed by atoms with van der Waals surface area (Å²) in [5.41, 5.74) is 4.23. The quantitative estimate of drug-likeness (QED) is 0.455. The van der Waals surface area contributed by atoms with E-state index in [1.807, 2.05) is 6.92 Å². The van der Waals surface area contributed by atoms with Crippen molar-refractivity contribution >= 4 is 0 Å². The molecule has 0 saturated heterocycles. The SMILES string of the molecule is CC(C)=C(C)C.CC=C(C)C. The van der Waals surface area contributed by atoms with Gasteiger partial charge in [0, 0.05) is 0 Å². The normalized spacial score (nSPS) is 7.55. The first kappa shape index (κ1) is 13.1. The van der Waals surface area contributed by atoms with Crippen LogP contribution in [0.25, 0.3) is 0 Å². The fourth-order valence-corrected chi connectivity index (χ4v) is 0. The summed E-state index contributed by atoms with van der Waals surface area (Å²) in [7, 11) is 0. The standard InChI is InChI=1S/C6H12.C5H10/c1-5(2)6(3)4;1-4-5(2)3/h1-4H3;4H,1-3H3. The van der Waals surface area contributed by atoms with Gasteiger partial charge in [-0.25, -0.2) is 0 Å². The van der Waals surface area contributed by atoms with Crippen molar-refractivity contribution in [2.24, 2.45) is 0 Å². The van der Waals surface area contributed by atoms with Gasteiger partial charge in [-0.15, -0.1) is 0 Å². The van der Waals surface area contributed by atoms with E-state index in [1.54, 1.807) is 0 Å². The molecule has 0 rings (SSSR count). The molecule has 0 unspecified atom stereocenters. The van der Waals surface area contributed by atoms with Gasteiger partial charge < -0.3 is 0 Å². The van der Waals surface area contributed by atoms with Gasteiger partial charge in [0.05, 0.1) is 0 Å². The highest BCUT2D eigenvalue weighted by Crippen LogP contribution is 1.96. The number of allylic oxidation sites excluding steroid dienone is 4. The van der Waals surface area contributed by atoms with Crippen LogP contribution in [0.5, 0.6) is 0 Å². The molecule has 0 atom stereocenters. The van der Waals surface area contributed by atoms with Crippen molar-refractivity contribution in [1.82, 2.24) is 0 Å². The van der Waals surface area contributed by atoms with Crippen molar-refractivity contribution in [3.63, 3.8) is 0 Å². The van der Waals surface area contributed by atoms with Gasteiger partial charge in [-0.05, 0) is 48.5 Å². The zero-order valence-corrected chi connectivity index (χ0v) is 9.08. The van der Waals surface area contributed by atoms with Crippen molar-refractivity contribution in [1.29, 1.82) is 0 Å². The van der Waals surface area contributed by atoms with Crippen LogP contribution in [0.4, 0.5) is 0 Å². The van der Waals surface area contributed by atoms with E-state index in [0.29, 0.717) is 0 Å². The molecule has 0 amide bonds. The van der Waals surface area contributed by atoms with E-state index in [-0.39, 0.29) is 0 Å². The van der Waals surface area contributed by atoms with E-state index in [0.717, 1.165) is 0 Å². The average Bonchev–Trinajstić information content (AvgIpc) is 1.89. The van der Waals surface area contributed by atoms with Gasteiger partial charge in [-0.3, -0.25) is 0 Å². The summed E-state index contributed by atoms with van der Waals surface area (Å²) in [6, 6.07) is 0. The Morgan fingerprint density at radius 2 is 0.909 bits per heavy atom. The molecule has 0 heteroatoms. The fourth-order valence-electron chi connectivity index (χ4n) is 0. The monoisotopic (exact) mass is 154 g/mol. The molecule has 0 radical (unpaired) electrons. The molecule has 0 aliphatic carbocycles. The number of rotatable bonds is 0. The molecule has 0 aliphatic rings. The Hall–Kier alpha value is -0.520. The van der Waals surface area contributed by atoms with Crippen LogP contribution >= 0.6 is 0 Å². The second kappa shape index (κ2) is 7.59. The minimum Gasteiger partial charge on any atom is -0.0890 e. The lowest BCUT2D eigenvalue weighted by Crippen LogP contribution is -1.66. The molecule has 0 saturated carbocycles. The Morgan fingerprint density at radius 1 is 0.727 bits per heavy atom. The van der Waals surface area contributed by atoms with Crippen molar-refractivity contribution in [2.75, 3.05) is 0 Å². The maximum atomic E-state index is 2.12. The van der Waals surface area contributed by atoms with Gasteiger partial charge in [-0.1, -0.05) is 22.8 Å². The minimum absolute atomic E-state index is 1.38. The highest BCUT2D eigenvalue weighted by molar-refractivity contribution is 5.02. The second-order valence-corrected chi connectivity index (χ2v) is 3.37.